The highest BCUT2D eigenvalue weighted by atomic mass is 79.9. The molecule has 1 N–H and O–H groups in total. The molecule has 2 rings (SSSR count). The molecule has 3 heteroatoms. The number of benzene rings is 1. The van der Waals surface area contributed by atoms with Crippen molar-refractivity contribution >= 4 is 27.5 Å². The Morgan fingerprint density at radius 2 is 2.20 bits per heavy atom. The van der Waals surface area contributed by atoms with Crippen LogP contribution in [0.3, 0.4) is 0 Å². The zero-order valence-electron chi connectivity index (χ0n) is 12.3. The van der Waals surface area contributed by atoms with Gasteiger partial charge in [0.2, 0.25) is 0 Å². The van der Waals surface area contributed by atoms with E-state index in [1.54, 1.807) is 0 Å². The minimum Gasteiger partial charge on any atom is -0.390 e. The third kappa shape index (κ3) is 4.47. The molecule has 0 amide bonds. The van der Waals surface area contributed by atoms with E-state index in [4.69, 9.17) is 11.6 Å². The molecular formula is C17H24BrClO. The molecule has 0 aliphatic heterocycles. The largest absolute Gasteiger partial charge is 0.390 e. The Balaban J connectivity index is 2.06. The van der Waals surface area contributed by atoms with Crippen LogP contribution in [0, 0.1) is 11.8 Å². The SMILES string of the molecule is CC(C)CC1CCCC(O)(Cc2ccc(Br)cc2Cl)C1. The van der Waals surface area contributed by atoms with E-state index in [2.05, 4.69) is 29.8 Å². The van der Waals surface area contributed by atoms with Crippen LogP contribution < -0.4 is 0 Å². The molecule has 1 saturated carbocycles. The lowest BCUT2D eigenvalue weighted by Crippen LogP contribution is -2.37. The van der Waals surface area contributed by atoms with E-state index in [0.29, 0.717) is 18.3 Å². The van der Waals surface area contributed by atoms with Crippen LogP contribution in [0.15, 0.2) is 22.7 Å². The van der Waals surface area contributed by atoms with Gasteiger partial charge in [-0.1, -0.05) is 60.3 Å². The van der Waals surface area contributed by atoms with Crippen molar-refractivity contribution in [2.75, 3.05) is 0 Å². The molecule has 0 radical (unpaired) electrons. The monoisotopic (exact) mass is 358 g/mol. The summed E-state index contributed by atoms with van der Waals surface area (Å²) in [5.41, 5.74) is 0.484. The number of rotatable bonds is 4. The van der Waals surface area contributed by atoms with Crippen molar-refractivity contribution < 1.29 is 5.11 Å². The first-order valence-electron chi connectivity index (χ1n) is 7.54. The van der Waals surface area contributed by atoms with E-state index in [-0.39, 0.29) is 0 Å². The van der Waals surface area contributed by atoms with E-state index in [0.717, 1.165) is 34.3 Å². The average molecular weight is 360 g/mol. The molecule has 0 heterocycles. The summed E-state index contributed by atoms with van der Waals surface area (Å²) in [7, 11) is 0. The van der Waals surface area contributed by atoms with Crippen molar-refractivity contribution in [3.8, 4) is 0 Å². The van der Waals surface area contributed by atoms with Crippen LogP contribution in [-0.2, 0) is 6.42 Å². The molecule has 1 aliphatic rings. The molecule has 1 aromatic carbocycles. The van der Waals surface area contributed by atoms with Crippen molar-refractivity contribution in [1.82, 2.24) is 0 Å². The second-order valence-electron chi connectivity index (χ2n) is 6.73. The first-order chi connectivity index (χ1) is 9.38. The number of hydrogen-bond acceptors (Lipinski definition) is 1. The van der Waals surface area contributed by atoms with Crippen LogP contribution in [0.4, 0.5) is 0 Å². The summed E-state index contributed by atoms with van der Waals surface area (Å²) in [6, 6.07) is 5.93. The maximum atomic E-state index is 10.9. The van der Waals surface area contributed by atoms with Gasteiger partial charge in [0, 0.05) is 15.9 Å². The van der Waals surface area contributed by atoms with Gasteiger partial charge in [-0.3, -0.25) is 0 Å². The van der Waals surface area contributed by atoms with Crippen LogP contribution in [-0.4, -0.2) is 10.7 Å². The van der Waals surface area contributed by atoms with Gasteiger partial charge in [0.15, 0.2) is 0 Å². The van der Waals surface area contributed by atoms with Gasteiger partial charge in [0.25, 0.3) is 0 Å². The highest BCUT2D eigenvalue weighted by molar-refractivity contribution is 9.10. The second-order valence-corrected chi connectivity index (χ2v) is 8.05. The zero-order chi connectivity index (χ0) is 14.8. The van der Waals surface area contributed by atoms with Gasteiger partial charge in [-0.25, -0.2) is 0 Å². The summed E-state index contributed by atoms with van der Waals surface area (Å²) in [5.74, 6) is 1.36. The maximum Gasteiger partial charge on any atom is 0.0691 e. The van der Waals surface area contributed by atoms with Crippen molar-refractivity contribution in [1.29, 1.82) is 0 Å². The van der Waals surface area contributed by atoms with Crippen LogP contribution in [0.25, 0.3) is 0 Å². The van der Waals surface area contributed by atoms with Crippen molar-refractivity contribution in [2.45, 2.75) is 58.0 Å². The standard InChI is InChI=1S/C17H24BrClO/c1-12(2)8-13-4-3-7-17(20,10-13)11-14-5-6-15(18)9-16(14)19/h5-6,9,12-13,20H,3-4,7-8,10-11H2,1-2H3. The average Bonchev–Trinajstić information content (AvgIpc) is 2.32. The number of aliphatic hydroxyl groups is 1. The quantitative estimate of drug-likeness (QED) is 0.740. The van der Waals surface area contributed by atoms with E-state index < -0.39 is 5.60 Å². The summed E-state index contributed by atoms with van der Waals surface area (Å²) in [5, 5.41) is 11.7. The van der Waals surface area contributed by atoms with Crippen LogP contribution in [0.2, 0.25) is 5.02 Å². The topological polar surface area (TPSA) is 20.2 Å². The molecule has 1 nitrogen and oxygen atoms in total. The third-order valence-corrected chi connectivity index (χ3v) is 5.11. The van der Waals surface area contributed by atoms with E-state index in [9.17, 15) is 5.11 Å². The molecule has 20 heavy (non-hydrogen) atoms. The molecular weight excluding hydrogens is 336 g/mol. The van der Waals surface area contributed by atoms with Crippen molar-refractivity contribution in [3.63, 3.8) is 0 Å². The van der Waals surface area contributed by atoms with Gasteiger partial charge >= 0.3 is 0 Å². The van der Waals surface area contributed by atoms with Crippen LogP contribution >= 0.6 is 27.5 Å². The Hall–Kier alpha value is -0.0500. The number of halogens is 2. The molecule has 112 valence electrons. The van der Waals surface area contributed by atoms with Gasteiger partial charge < -0.3 is 5.11 Å². The fraction of sp³-hybridized carbons (Fsp3) is 0.647. The minimum absolute atomic E-state index is 0.574. The highest BCUT2D eigenvalue weighted by Crippen LogP contribution is 2.38. The third-order valence-electron chi connectivity index (χ3n) is 4.26. The highest BCUT2D eigenvalue weighted by Gasteiger charge is 2.34. The Labute approximate surface area is 135 Å². The fourth-order valence-corrected chi connectivity index (χ4v) is 4.25. The predicted octanol–water partition coefficient (Wildman–Crippen LogP) is 5.61. The molecule has 0 aromatic heterocycles. The van der Waals surface area contributed by atoms with Crippen molar-refractivity contribution in [3.05, 3.63) is 33.3 Å². The fourth-order valence-electron chi connectivity index (χ4n) is 3.51. The molecule has 1 aromatic rings. The predicted molar refractivity (Wildman–Crippen MR) is 89.2 cm³/mol. The normalized spacial score (nSPS) is 27.0. The first kappa shape index (κ1) is 16.3. The molecule has 2 atom stereocenters. The molecule has 2 unspecified atom stereocenters. The summed E-state index contributed by atoms with van der Waals surface area (Å²) in [6.07, 6.45) is 6.09. The second kappa shape index (κ2) is 6.81. The Morgan fingerprint density at radius 3 is 2.85 bits per heavy atom. The van der Waals surface area contributed by atoms with Gasteiger partial charge in [0.1, 0.15) is 0 Å². The molecule has 1 fully saturated rings. The van der Waals surface area contributed by atoms with Gasteiger partial charge in [-0.2, -0.15) is 0 Å². The molecule has 1 aliphatic carbocycles. The lowest BCUT2D eigenvalue weighted by atomic mass is 9.73. The van der Waals surface area contributed by atoms with Crippen LogP contribution in [0.5, 0.6) is 0 Å². The Morgan fingerprint density at radius 1 is 1.45 bits per heavy atom. The minimum atomic E-state index is -0.574. The summed E-state index contributed by atoms with van der Waals surface area (Å²) >= 11 is 9.71. The van der Waals surface area contributed by atoms with Gasteiger partial charge in [-0.15, -0.1) is 0 Å². The summed E-state index contributed by atoms with van der Waals surface area (Å²) < 4.78 is 0.986. The Bertz CT molecular complexity index is 460. The van der Waals surface area contributed by atoms with E-state index in [1.165, 1.54) is 12.8 Å². The Kier molecular flexibility index (Phi) is 5.56. The van der Waals surface area contributed by atoms with E-state index >= 15 is 0 Å². The molecule has 0 bridgehead atoms. The lowest BCUT2D eigenvalue weighted by Gasteiger charge is -2.38. The summed E-state index contributed by atoms with van der Waals surface area (Å²) in [6.45, 7) is 4.53. The summed E-state index contributed by atoms with van der Waals surface area (Å²) in [4.78, 5) is 0. The molecule has 0 spiro atoms. The lowest BCUT2D eigenvalue weighted by molar-refractivity contribution is -0.0189. The smallest absolute Gasteiger partial charge is 0.0691 e. The first-order valence-corrected chi connectivity index (χ1v) is 8.71. The zero-order valence-corrected chi connectivity index (χ0v) is 14.7. The maximum absolute atomic E-state index is 10.9. The number of hydrogen-bond donors (Lipinski definition) is 1. The van der Waals surface area contributed by atoms with Crippen molar-refractivity contribution in [2.24, 2.45) is 11.8 Å². The molecule has 0 saturated heterocycles. The van der Waals surface area contributed by atoms with Gasteiger partial charge in [-0.05, 0) is 48.8 Å². The van der Waals surface area contributed by atoms with E-state index in [1.807, 2.05) is 18.2 Å². The van der Waals surface area contributed by atoms with Crippen LogP contribution in [0.1, 0.15) is 51.5 Å². The van der Waals surface area contributed by atoms with Gasteiger partial charge in [0.05, 0.1) is 5.60 Å².